The van der Waals surface area contributed by atoms with Gasteiger partial charge in [0.1, 0.15) is 0 Å². The van der Waals surface area contributed by atoms with Crippen molar-refractivity contribution in [3.05, 3.63) is 24.3 Å². The van der Waals surface area contributed by atoms with E-state index in [1.807, 2.05) is 0 Å². The zero-order valence-electron chi connectivity index (χ0n) is 9.73. The minimum absolute atomic E-state index is 0.147. The Morgan fingerprint density at radius 3 is 2.31 bits per heavy atom. The highest BCUT2D eigenvalue weighted by Crippen LogP contribution is 2.05. The van der Waals surface area contributed by atoms with Gasteiger partial charge in [-0.1, -0.05) is 18.2 Å². The van der Waals surface area contributed by atoms with Crippen LogP contribution < -0.4 is 0 Å². The molecule has 88 valence electrons. The predicted octanol–water partition coefficient (Wildman–Crippen LogP) is 1.46. The van der Waals surface area contributed by atoms with Crippen molar-refractivity contribution in [2.75, 3.05) is 6.61 Å². The second kappa shape index (κ2) is 7.56. The zero-order chi connectivity index (χ0) is 12.6. The van der Waals surface area contributed by atoms with Crippen molar-refractivity contribution >= 4 is 17.5 Å². The van der Waals surface area contributed by atoms with E-state index >= 15 is 0 Å². The lowest BCUT2D eigenvalue weighted by Crippen LogP contribution is -2.30. The van der Waals surface area contributed by atoms with Crippen LogP contribution in [0.1, 0.15) is 20.8 Å². The highest BCUT2D eigenvalue weighted by atomic mass is 16.5. The molecular formula is C12H16O4. The van der Waals surface area contributed by atoms with Crippen LogP contribution >= 0.6 is 0 Å². The molecule has 0 rings (SSSR count). The third kappa shape index (κ3) is 4.68. The summed E-state index contributed by atoms with van der Waals surface area (Å²) in [5.41, 5.74) is 0. The summed E-state index contributed by atoms with van der Waals surface area (Å²) >= 11 is 0. The quantitative estimate of drug-likeness (QED) is 0.296. The van der Waals surface area contributed by atoms with Gasteiger partial charge in [-0.3, -0.25) is 14.4 Å². The maximum absolute atomic E-state index is 11.5. The summed E-state index contributed by atoms with van der Waals surface area (Å²) in [6, 6.07) is 0. The van der Waals surface area contributed by atoms with Crippen molar-refractivity contribution < 1.29 is 19.1 Å². The molecule has 1 atom stereocenters. The first-order valence-corrected chi connectivity index (χ1v) is 5.04. The van der Waals surface area contributed by atoms with Crippen LogP contribution in [-0.2, 0) is 19.1 Å². The molecule has 0 spiro atoms. The number of carbonyl (C=O) groups is 3. The molecule has 0 aromatic rings. The van der Waals surface area contributed by atoms with Crippen LogP contribution in [0.4, 0.5) is 0 Å². The second-order valence-corrected chi connectivity index (χ2v) is 3.08. The molecule has 0 fully saturated rings. The van der Waals surface area contributed by atoms with Gasteiger partial charge >= 0.3 is 5.97 Å². The van der Waals surface area contributed by atoms with Gasteiger partial charge in [0.15, 0.2) is 17.5 Å². The van der Waals surface area contributed by atoms with Gasteiger partial charge in [0.05, 0.1) is 6.61 Å². The first-order valence-electron chi connectivity index (χ1n) is 5.04. The summed E-state index contributed by atoms with van der Waals surface area (Å²) in [6.07, 6.45) is 6.05. The Kier molecular flexibility index (Phi) is 6.76. The summed E-state index contributed by atoms with van der Waals surface area (Å²) < 4.78 is 4.66. The maximum atomic E-state index is 11.5. The molecule has 0 heterocycles. The third-order valence-electron chi connectivity index (χ3n) is 1.78. The minimum atomic E-state index is -1.33. The molecule has 4 heteroatoms. The average molecular weight is 224 g/mol. The van der Waals surface area contributed by atoms with Crippen molar-refractivity contribution in [3.8, 4) is 0 Å². The average Bonchev–Trinajstić information content (AvgIpc) is 2.18. The number of allylic oxidation sites excluding steroid dienone is 4. The van der Waals surface area contributed by atoms with Crippen LogP contribution in [0.5, 0.6) is 0 Å². The van der Waals surface area contributed by atoms with E-state index in [1.165, 1.54) is 19.1 Å². The Bertz CT molecular complexity index is 326. The van der Waals surface area contributed by atoms with Crippen LogP contribution in [0, 0.1) is 5.92 Å². The van der Waals surface area contributed by atoms with Crippen molar-refractivity contribution in [1.82, 2.24) is 0 Å². The predicted molar refractivity (Wildman–Crippen MR) is 59.8 cm³/mol. The summed E-state index contributed by atoms with van der Waals surface area (Å²) in [6.45, 7) is 4.76. The monoisotopic (exact) mass is 224 g/mol. The molecule has 0 aromatic heterocycles. The maximum Gasteiger partial charge on any atom is 0.324 e. The fourth-order valence-corrected chi connectivity index (χ4v) is 1.07. The van der Waals surface area contributed by atoms with Crippen LogP contribution in [0.15, 0.2) is 24.3 Å². The molecule has 0 aliphatic heterocycles. The van der Waals surface area contributed by atoms with Crippen LogP contribution in [0.25, 0.3) is 0 Å². The van der Waals surface area contributed by atoms with Crippen molar-refractivity contribution in [3.63, 3.8) is 0 Å². The van der Waals surface area contributed by atoms with E-state index in [1.54, 1.807) is 26.0 Å². The fraction of sp³-hybridized carbons (Fsp3) is 0.417. The van der Waals surface area contributed by atoms with Crippen LogP contribution in [-0.4, -0.2) is 24.1 Å². The number of Topliss-reactive ketones (excluding diaryl/α,β-unsaturated/α-hetero) is 1. The lowest BCUT2D eigenvalue weighted by molar-refractivity contribution is -0.153. The van der Waals surface area contributed by atoms with Gasteiger partial charge in [-0.05, 0) is 26.8 Å². The molecular weight excluding hydrogens is 208 g/mol. The van der Waals surface area contributed by atoms with Gasteiger partial charge in [0.2, 0.25) is 0 Å². The lowest BCUT2D eigenvalue weighted by Gasteiger charge is -2.08. The molecule has 16 heavy (non-hydrogen) atoms. The zero-order valence-corrected chi connectivity index (χ0v) is 9.73. The summed E-state index contributed by atoms with van der Waals surface area (Å²) in [7, 11) is 0. The van der Waals surface area contributed by atoms with Gasteiger partial charge in [-0.2, -0.15) is 0 Å². The van der Waals surface area contributed by atoms with E-state index < -0.39 is 23.5 Å². The van der Waals surface area contributed by atoms with Crippen LogP contribution in [0.3, 0.4) is 0 Å². The number of ether oxygens (including phenoxy) is 1. The number of hydrogen-bond acceptors (Lipinski definition) is 4. The summed E-state index contributed by atoms with van der Waals surface area (Å²) in [4.78, 5) is 34.0. The molecule has 0 saturated carbocycles. The smallest absolute Gasteiger partial charge is 0.324 e. The number of carbonyl (C=O) groups excluding carboxylic acids is 3. The summed E-state index contributed by atoms with van der Waals surface area (Å²) in [5.74, 6) is -3.18. The second-order valence-electron chi connectivity index (χ2n) is 3.08. The van der Waals surface area contributed by atoms with Gasteiger partial charge in [-0.15, -0.1) is 0 Å². The Morgan fingerprint density at radius 1 is 1.25 bits per heavy atom. The van der Waals surface area contributed by atoms with Gasteiger partial charge in [0, 0.05) is 0 Å². The van der Waals surface area contributed by atoms with E-state index in [0.29, 0.717) is 0 Å². The molecule has 4 nitrogen and oxygen atoms in total. The SMILES string of the molecule is C/C=C/C=C/C(=O)C(C(C)=O)C(=O)OCC. The molecule has 0 bridgehead atoms. The van der Waals surface area contributed by atoms with Gasteiger partial charge in [-0.25, -0.2) is 0 Å². The highest BCUT2D eigenvalue weighted by Gasteiger charge is 2.30. The number of rotatable bonds is 6. The topological polar surface area (TPSA) is 60.4 Å². The number of hydrogen-bond donors (Lipinski definition) is 0. The molecule has 0 radical (unpaired) electrons. The van der Waals surface area contributed by atoms with E-state index in [0.717, 1.165) is 0 Å². The van der Waals surface area contributed by atoms with E-state index in [2.05, 4.69) is 4.74 Å². The van der Waals surface area contributed by atoms with Gasteiger partial charge in [0.25, 0.3) is 0 Å². The molecule has 0 N–H and O–H groups in total. The fourth-order valence-electron chi connectivity index (χ4n) is 1.07. The number of ketones is 2. The minimum Gasteiger partial charge on any atom is -0.465 e. The van der Waals surface area contributed by atoms with E-state index in [9.17, 15) is 14.4 Å². The Labute approximate surface area is 95.0 Å². The molecule has 0 aliphatic rings. The van der Waals surface area contributed by atoms with E-state index in [-0.39, 0.29) is 6.61 Å². The molecule has 0 aromatic carbocycles. The number of esters is 1. The normalized spacial score (nSPS) is 12.9. The van der Waals surface area contributed by atoms with Crippen molar-refractivity contribution in [2.24, 2.45) is 5.92 Å². The first-order chi connectivity index (χ1) is 7.54. The first kappa shape index (κ1) is 14.3. The van der Waals surface area contributed by atoms with Crippen molar-refractivity contribution in [1.29, 1.82) is 0 Å². The Hall–Kier alpha value is -1.71. The van der Waals surface area contributed by atoms with E-state index in [4.69, 9.17) is 0 Å². The molecule has 0 amide bonds. The van der Waals surface area contributed by atoms with Crippen molar-refractivity contribution in [2.45, 2.75) is 20.8 Å². The van der Waals surface area contributed by atoms with Gasteiger partial charge < -0.3 is 4.74 Å². The largest absolute Gasteiger partial charge is 0.465 e. The third-order valence-corrected chi connectivity index (χ3v) is 1.78. The Balaban J connectivity index is 4.72. The van der Waals surface area contributed by atoms with Crippen LogP contribution in [0.2, 0.25) is 0 Å². The standard InChI is InChI=1S/C12H16O4/c1-4-6-7-8-10(14)11(9(3)13)12(15)16-5-2/h4,6-8,11H,5H2,1-3H3/b6-4+,8-7+. The molecule has 0 aliphatic carbocycles. The summed E-state index contributed by atoms with van der Waals surface area (Å²) in [5, 5.41) is 0. The molecule has 1 unspecified atom stereocenters. The highest BCUT2D eigenvalue weighted by molar-refractivity contribution is 6.19. The molecule has 0 saturated heterocycles. The Morgan fingerprint density at radius 2 is 1.88 bits per heavy atom. The lowest BCUT2D eigenvalue weighted by atomic mass is 9.99.